The quantitative estimate of drug-likeness (QED) is 0.563. The Morgan fingerprint density at radius 1 is 1.15 bits per heavy atom. The first-order chi connectivity index (χ1) is 13.1. The number of pyridine rings is 1. The van der Waals surface area contributed by atoms with Crippen molar-refractivity contribution in [1.29, 1.82) is 0 Å². The Labute approximate surface area is 157 Å². The van der Waals surface area contributed by atoms with Gasteiger partial charge in [0.15, 0.2) is 0 Å². The fourth-order valence-electron chi connectivity index (χ4n) is 3.38. The number of nitrogens with one attached hydrogen (secondary N) is 2. The van der Waals surface area contributed by atoms with Gasteiger partial charge in [-0.3, -0.25) is 9.78 Å². The molecular weight excluding hydrogens is 338 g/mol. The van der Waals surface area contributed by atoms with Crippen molar-refractivity contribution in [3.63, 3.8) is 0 Å². The highest BCUT2D eigenvalue weighted by molar-refractivity contribution is 6.09. The van der Waals surface area contributed by atoms with Gasteiger partial charge in [0.05, 0.1) is 24.4 Å². The molecule has 2 aromatic heterocycles. The second-order valence-corrected chi connectivity index (χ2v) is 6.68. The molecule has 5 heteroatoms. The van der Waals surface area contributed by atoms with E-state index in [2.05, 4.69) is 15.3 Å². The lowest BCUT2D eigenvalue weighted by molar-refractivity contribution is 0.0940. The summed E-state index contributed by atoms with van der Waals surface area (Å²) in [6.07, 6.45) is 1.81. The van der Waals surface area contributed by atoms with Gasteiger partial charge in [0, 0.05) is 28.0 Å². The van der Waals surface area contributed by atoms with Crippen LogP contribution >= 0.6 is 0 Å². The highest BCUT2D eigenvalue weighted by atomic mass is 16.5. The third kappa shape index (κ3) is 3.12. The molecule has 4 rings (SSSR count). The van der Waals surface area contributed by atoms with E-state index in [0.717, 1.165) is 38.8 Å². The number of fused-ring (bicyclic) bond motifs is 3. The maximum atomic E-state index is 12.7. The zero-order valence-electron chi connectivity index (χ0n) is 15.5. The predicted molar refractivity (Wildman–Crippen MR) is 107 cm³/mol. The van der Waals surface area contributed by atoms with E-state index >= 15 is 0 Å². The zero-order valence-corrected chi connectivity index (χ0v) is 15.5. The number of nitrogens with zero attached hydrogens (tertiary/aromatic N) is 1. The fourth-order valence-corrected chi connectivity index (χ4v) is 3.38. The van der Waals surface area contributed by atoms with Gasteiger partial charge in [0.25, 0.3) is 5.91 Å². The third-order valence-electron chi connectivity index (χ3n) is 4.91. The summed E-state index contributed by atoms with van der Waals surface area (Å²) in [5.41, 5.74) is 4.50. The first kappa shape index (κ1) is 17.1. The summed E-state index contributed by atoms with van der Waals surface area (Å²) >= 11 is 0. The molecule has 0 aliphatic rings. The second-order valence-electron chi connectivity index (χ2n) is 6.68. The van der Waals surface area contributed by atoms with Crippen LogP contribution in [0.15, 0.2) is 54.7 Å². The molecule has 2 N–H and O–H groups in total. The summed E-state index contributed by atoms with van der Waals surface area (Å²) < 4.78 is 5.26. The van der Waals surface area contributed by atoms with E-state index < -0.39 is 0 Å². The highest BCUT2D eigenvalue weighted by Crippen LogP contribution is 2.27. The van der Waals surface area contributed by atoms with E-state index in [1.54, 1.807) is 13.3 Å². The van der Waals surface area contributed by atoms with Crippen molar-refractivity contribution in [3.8, 4) is 5.75 Å². The topological polar surface area (TPSA) is 67.0 Å². The third-order valence-corrected chi connectivity index (χ3v) is 4.91. The van der Waals surface area contributed by atoms with Gasteiger partial charge in [-0.1, -0.05) is 18.2 Å². The second kappa shape index (κ2) is 6.76. The number of hydrogen-bond acceptors (Lipinski definition) is 3. The molecule has 1 unspecified atom stereocenters. The Morgan fingerprint density at radius 3 is 2.81 bits per heavy atom. The number of carbonyl (C=O) groups excluding carboxylic acids is 1. The van der Waals surface area contributed by atoms with E-state index in [-0.39, 0.29) is 11.9 Å². The summed E-state index contributed by atoms with van der Waals surface area (Å²) in [5.74, 6) is 0.665. The number of aryl methyl sites for hydroxylation is 1. The Morgan fingerprint density at radius 2 is 2.00 bits per heavy atom. The van der Waals surface area contributed by atoms with E-state index in [9.17, 15) is 4.79 Å². The van der Waals surface area contributed by atoms with Crippen LogP contribution in [0.2, 0.25) is 0 Å². The van der Waals surface area contributed by atoms with E-state index in [0.29, 0.717) is 5.56 Å². The lowest BCUT2D eigenvalue weighted by atomic mass is 10.1. The average molecular weight is 359 g/mol. The largest absolute Gasteiger partial charge is 0.497 e. The van der Waals surface area contributed by atoms with Gasteiger partial charge in [0.2, 0.25) is 0 Å². The summed E-state index contributed by atoms with van der Waals surface area (Å²) in [4.78, 5) is 20.4. The molecule has 0 saturated heterocycles. The van der Waals surface area contributed by atoms with Crippen molar-refractivity contribution in [1.82, 2.24) is 15.3 Å². The Hall–Kier alpha value is -3.34. The average Bonchev–Trinajstić information content (AvgIpc) is 3.07. The highest BCUT2D eigenvalue weighted by Gasteiger charge is 2.14. The standard InChI is InChI=1S/C22H21N3O2/c1-13(15-5-4-6-17(11-15)27-3)24-22(26)16-7-8-18-19-9-10-23-14(2)21(19)25-20(18)12-16/h4-13,25H,1-3H3,(H,24,26). The molecule has 0 saturated carbocycles. The number of ether oxygens (including phenoxy) is 1. The molecule has 0 radical (unpaired) electrons. The van der Waals surface area contributed by atoms with Gasteiger partial charge < -0.3 is 15.0 Å². The zero-order chi connectivity index (χ0) is 19.0. The van der Waals surface area contributed by atoms with Gasteiger partial charge in [-0.05, 0) is 49.7 Å². The van der Waals surface area contributed by atoms with Crippen LogP contribution in [-0.4, -0.2) is 23.0 Å². The van der Waals surface area contributed by atoms with Crippen LogP contribution in [0.4, 0.5) is 0 Å². The van der Waals surface area contributed by atoms with Crippen molar-refractivity contribution in [2.45, 2.75) is 19.9 Å². The molecule has 0 spiro atoms. The van der Waals surface area contributed by atoms with Crippen LogP contribution in [-0.2, 0) is 0 Å². The molecule has 0 fully saturated rings. The summed E-state index contributed by atoms with van der Waals surface area (Å²) in [6.45, 7) is 3.93. The van der Waals surface area contributed by atoms with E-state index in [4.69, 9.17) is 4.74 Å². The fraction of sp³-hybridized carbons (Fsp3) is 0.182. The molecule has 0 aliphatic carbocycles. The molecule has 1 amide bonds. The predicted octanol–water partition coefficient (Wildman–Crippen LogP) is 4.52. The van der Waals surface area contributed by atoms with Crippen LogP contribution in [0.25, 0.3) is 21.8 Å². The number of rotatable bonds is 4. The minimum absolute atomic E-state index is 0.110. The summed E-state index contributed by atoms with van der Waals surface area (Å²) in [6, 6.07) is 15.3. The molecule has 2 aromatic carbocycles. The minimum atomic E-state index is -0.127. The lowest BCUT2D eigenvalue weighted by Crippen LogP contribution is -2.26. The van der Waals surface area contributed by atoms with Crippen LogP contribution in [0.3, 0.4) is 0 Å². The summed E-state index contributed by atoms with van der Waals surface area (Å²) in [5, 5.41) is 5.26. The monoisotopic (exact) mass is 359 g/mol. The van der Waals surface area contributed by atoms with Gasteiger partial charge in [-0.25, -0.2) is 0 Å². The Bertz CT molecular complexity index is 1150. The number of carbonyl (C=O) groups is 1. The number of benzene rings is 2. The summed E-state index contributed by atoms with van der Waals surface area (Å²) in [7, 11) is 1.63. The molecule has 4 aromatic rings. The SMILES string of the molecule is COc1cccc(C(C)NC(=O)c2ccc3c(c2)[nH]c2c(C)nccc23)c1. The molecular formula is C22H21N3O2. The van der Waals surface area contributed by atoms with Gasteiger partial charge in [0.1, 0.15) is 5.75 Å². The van der Waals surface area contributed by atoms with Crippen LogP contribution in [0.1, 0.15) is 34.6 Å². The van der Waals surface area contributed by atoms with Gasteiger partial charge >= 0.3 is 0 Å². The molecule has 1 atom stereocenters. The van der Waals surface area contributed by atoms with Gasteiger partial charge in [-0.2, -0.15) is 0 Å². The normalized spacial score (nSPS) is 12.3. The maximum Gasteiger partial charge on any atom is 0.251 e. The Kier molecular flexibility index (Phi) is 4.28. The molecule has 27 heavy (non-hydrogen) atoms. The molecule has 5 nitrogen and oxygen atoms in total. The number of aromatic nitrogens is 2. The molecule has 0 aliphatic heterocycles. The van der Waals surface area contributed by atoms with Crippen LogP contribution in [0.5, 0.6) is 5.75 Å². The minimum Gasteiger partial charge on any atom is -0.497 e. The number of amides is 1. The Balaban J connectivity index is 1.62. The molecule has 2 heterocycles. The number of hydrogen-bond donors (Lipinski definition) is 2. The lowest BCUT2D eigenvalue weighted by Gasteiger charge is -2.15. The van der Waals surface area contributed by atoms with Crippen molar-refractivity contribution in [2.24, 2.45) is 0 Å². The van der Waals surface area contributed by atoms with Crippen molar-refractivity contribution in [3.05, 3.63) is 71.5 Å². The van der Waals surface area contributed by atoms with Crippen molar-refractivity contribution in [2.75, 3.05) is 7.11 Å². The first-order valence-corrected chi connectivity index (χ1v) is 8.88. The molecule has 0 bridgehead atoms. The van der Waals surface area contributed by atoms with Gasteiger partial charge in [-0.15, -0.1) is 0 Å². The van der Waals surface area contributed by atoms with E-state index in [1.807, 2.05) is 62.4 Å². The molecule has 136 valence electrons. The van der Waals surface area contributed by atoms with Crippen LogP contribution < -0.4 is 10.1 Å². The number of aromatic amines is 1. The first-order valence-electron chi connectivity index (χ1n) is 8.88. The van der Waals surface area contributed by atoms with E-state index in [1.165, 1.54) is 0 Å². The van der Waals surface area contributed by atoms with Crippen molar-refractivity contribution < 1.29 is 9.53 Å². The number of H-pyrrole nitrogens is 1. The number of methoxy groups -OCH3 is 1. The smallest absolute Gasteiger partial charge is 0.251 e. The van der Waals surface area contributed by atoms with Crippen LogP contribution in [0, 0.1) is 6.92 Å². The maximum absolute atomic E-state index is 12.7. The van der Waals surface area contributed by atoms with Crippen molar-refractivity contribution >= 4 is 27.7 Å².